The van der Waals surface area contributed by atoms with E-state index in [1.54, 1.807) is 0 Å². The molecule has 1 atom stereocenters. The van der Waals surface area contributed by atoms with Crippen molar-refractivity contribution in [3.8, 4) is 6.07 Å². The number of benzene rings is 1. The Bertz CT molecular complexity index is 480. The predicted molar refractivity (Wildman–Crippen MR) is 67.2 cm³/mol. The van der Waals surface area contributed by atoms with E-state index in [-0.39, 0.29) is 17.2 Å². The van der Waals surface area contributed by atoms with Crippen LogP contribution in [0.25, 0.3) is 0 Å². The van der Waals surface area contributed by atoms with Crippen molar-refractivity contribution in [2.24, 2.45) is 11.7 Å². The van der Waals surface area contributed by atoms with Gasteiger partial charge in [0.1, 0.15) is 11.9 Å². The molecule has 0 saturated carbocycles. The van der Waals surface area contributed by atoms with Crippen LogP contribution in [0.1, 0.15) is 25.8 Å². The summed E-state index contributed by atoms with van der Waals surface area (Å²) in [5.41, 5.74) is 6.08. The van der Waals surface area contributed by atoms with E-state index in [2.05, 4.69) is 5.32 Å². The lowest BCUT2D eigenvalue weighted by Crippen LogP contribution is -2.36. The molecule has 96 valence electrons. The molecule has 3 N–H and O–H groups in total. The molecule has 5 heteroatoms. The molecule has 0 spiro atoms. The maximum Gasteiger partial charge on any atom is 0.241 e. The fourth-order valence-electron chi connectivity index (χ4n) is 1.56. The third-order valence-corrected chi connectivity index (χ3v) is 2.42. The van der Waals surface area contributed by atoms with Crippen LogP contribution in [0, 0.1) is 23.1 Å². The lowest BCUT2D eigenvalue weighted by molar-refractivity contribution is -0.117. The van der Waals surface area contributed by atoms with Gasteiger partial charge >= 0.3 is 0 Å². The van der Waals surface area contributed by atoms with E-state index in [4.69, 9.17) is 11.0 Å². The normalized spacial score (nSPS) is 12.0. The first-order valence-electron chi connectivity index (χ1n) is 5.70. The molecule has 0 radical (unpaired) electrons. The molecule has 0 saturated heterocycles. The molecule has 0 aromatic heterocycles. The van der Waals surface area contributed by atoms with Gasteiger partial charge in [0.2, 0.25) is 5.91 Å². The topological polar surface area (TPSA) is 78.9 Å². The van der Waals surface area contributed by atoms with E-state index in [9.17, 15) is 9.18 Å². The number of halogens is 1. The Balaban J connectivity index is 2.79. The van der Waals surface area contributed by atoms with Crippen LogP contribution < -0.4 is 11.1 Å². The van der Waals surface area contributed by atoms with Crippen molar-refractivity contribution in [3.63, 3.8) is 0 Å². The Morgan fingerprint density at radius 1 is 1.56 bits per heavy atom. The summed E-state index contributed by atoms with van der Waals surface area (Å²) in [5.74, 6) is -0.586. The van der Waals surface area contributed by atoms with Crippen LogP contribution in [0.4, 0.5) is 10.1 Å². The van der Waals surface area contributed by atoms with Gasteiger partial charge in [-0.2, -0.15) is 5.26 Å². The van der Waals surface area contributed by atoms with Gasteiger partial charge in [0.05, 0.1) is 17.3 Å². The number of nitrogens with one attached hydrogen (secondary N) is 1. The number of nitrogens with two attached hydrogens (primary N) is 1. The molecule has 0 bridgehead atoms. The Hall–Kier alpha value is -1.93. The molecule has 1 aromatic rings. The molecular formula is C13H16FN3O. The van der Waals surface area contributed by atoms with Crippen molar-refractivity contribution in [2.45, 2.75) is 26.3 Å². The first kappa shape index (κ1) is 14.1. The molecule has 0 aliphatic heterocycles. The minimum Gasteiger partial charge on any atom is -0.324 e. The number of anilines is 1. The van der Waals surface area contributed by atoms with Crippen LogP contribution in [0.15, 0.2) is 18.2 Å². The molecular weight excluding hydrogens is 233 g/mol. The Labute approximate surface area is 106 Å². The fraction of sp³-hybridized carbons (Fsp3) is 0.385. The fourth-order valence-corrected chi connectivity index (χ4v) is 1.56. The van der Waals surface area contributed by atoms with Crippen LogP contribution in [-0.2, 0) is 4.79 Å². The van der Waals surface area contributed by atoms with Crippen LogP contribution in [0.5, 0.6) is 0 Å². The number of hydrogen-bond donors (Lipinski definition) is 2. The van der Waals surface area contributed by atoms with Gasteiger partial charge in [-0.1, -0.05) is 13.8 Å². The van der Waals surface area contributed by atoms with Crippen LogP contribution in [0.2, 0.25) is 0 Å². The number of rotatable bonds is 4. The van der Waals surface area contributed by atoms with E-state index in [0.717, 1.165) is 6.07 Å². The van der Waals surface area contributed by atoms with Crippen LogP contribution in [0.3, 0.4) is 0 Å². The van der Waals surface area contributed by atoms with Gasteiger partial charge in [-0.05, 0) is 30.5 Å². The summed E-state index contributed by atoms with van der Waals surface area (Å²) in [4.78, 5) is 11.8. The lowest BCUT2D eigenvalue weighted by Gasteiger charge is -2.14. The molecule has 4 nitrogen and oxygen atoms in total. The minimum absolute atomic E-state index is 0.0834. The molecule has 0 fully saturated rings. The monoisotopic (exact) mass is 249 g/mol. The third-order valence-electron chi connectivity index (χ3n) is 2.42. The molecule has 1 aromatic carbocycles. The highest BCUT2D eigenvalue weighted by molar-refractivity contribution is 5.95. The van der Waals surface area contributed by atoms with Crippen LogP contribution in [-0.4, -0.2) is 11.9 Å². The first-order valence-corrected chi connectivity index (χ1v) is 5.70. The van der Waals surface area contributed by atoms with Gasteiger partial charge < -0.3 is 11.1 Å². The number of carbonyl (C=O) groups is 1. The van der Waals surface area contributed by atoms with E-state index < -0.39 is 11.9 Å². The van der Waals surface area contributed by atoms with Gasteiger partial charge in [-0.3, -0.25) is 4.79 Å². The molecule has 0 aliphatic carbocycles. The Morgan fingerprint density at radius 2 is 2.22 bits per heavy atom. The number of nitriles is 1. The van der Waals surface area contributed by atoms with E-state index >= 15 is 0 Å². The molecule has 18 heavy (non-hydrogen) atoms. The van der Waals surface area contributed by atoms with Crippen molar-refractivity contribution in [1.29, 1.82) is 5.26 Å². The largest absolute Gasteiger partial charge is 0.324 e. The number of amides is 1. The van der Waals surface area contributed by atoms with Crippen LogP contribution >= 0.6 is 0 Å². The van der Waals surface area contributed by atoms with Crippen molar-refractivity contribution in [3.05, 3.63) is 29.6 Å². The second kappa shape index (κ2) is 6.12. The lowest BCUT2D eigenvalue weighted by atomic mass is 10.0. The SMILES string of the molecule is CC(C)C[C@@H](N)C(=O)Nc1ccc(F)cc1C#N. The molecule has 0 unspecified atom stereocenters. The summed E-state index contributed by atoms with van der Waals surface area (Å²) in [6.07, 6.45) is 0.551. The maximum absolute atomic E-state index is 12.9. The minimum atomic E-state index is -0.637. The second-order valence-corrected chi connectivity index (χ2v) is 4.53. The van der Waals surface area contributed by atoms with Crippen molar-refractivity contribution in [1.82, 2.24) is 0 Å². The van der Waals surface area contributed by atoms with Crippen molar-refractivity contribution >= 4 is 11.6 Å². The summed E-state index contributed by atoms with van der Waals surface area (Å²) in [7, 11) is 0. The highest BCUT2D eigenvalue weighted by Gasteiger charge is 2.16. The second-order valence-electron chi connectivity index (χ2n) is 4.53. The van der Waals surface area contributed by atoms with Gasteiger partial charge in [-0.25, -0.2) is 4.39 Å². The Kier molecular flexibility index (Phi) is 4.81. The summed E-state index contributed by atoms with van der Waals surface area (Å²) >= 11 is 0. The van der Waals surface area contributed by atoms with Gasteiger partial charge in [0, 0.05) is 0 Å². The molecule has 1 rings (SSSR count). The quantitative estimate of drug-likeness (QED) is 0.856. The zero-order chi connectivity index (χ0) is 13.7. The van der Waals surface area contributed by atoms with Gasteiger partial charge in [0.25, 0.3) is 0 Å². The van der Waals surface area contributed by atoms with E-state index in [1.165, 1.54) is 12.1 Å². The van der Waals surface area contributed by atoms with E-state index in [1.807, 2.05) is 19.9 Å². The van der Waals surface area contributed by atoms with Gasteiger partial charge in [0.15, 0.2) is 0 Å². The zero-order valence-corrected chi connectivity index (χ0v) is 10.4. The zero-order valence-electron chi connectivity index (χ0n) is 10.4. The summed E-state index contributed by atoms with van der Waals surface area (Å²) < 4.78 is 12.9. The molecule has 0 heterocycles. The Morgan fingerprint density at radius 3 is 2.78 bits per heavy atom. The summed E-state index contributed by atoms with van der Waals surface area (Å²) in [5, 5.41) is 11.4. The van der Waals surface area contributed by atoms with E-state index in [0.29, 0.717) is 12.3 Å². The average molecular weight is 249 g/mol. The number of hydrogen-bond acceptors (Lipinski definition) is 3. The number of carbonyl (C=O) groups excluding carboxylic acids is 1. The predicted octanol–water partition coefficient (Wildman–Crippen LogP) is 2.01. The maximum atomic E-state index is 12.9. The third kappa shape index (κ3) is 3.82. The summed E-state index contributed by atoms with van der Waals surface area (Å²) in [6, 6.07) is 4.80. The van der Waals surface area contributed by atoms with Gasteiger partial charge in [-0.15, -0.1) is 0 Å². The van der Waals surface area contributed by atoms with Crippen molar-refractivity contribution < 1.29 is 9.18 Å². The first-order chi connectivity index (χ1) is 8.43. The molecule has 0 aliphatic rings. The molecule has 1 amide bonds. The highest BCUT2D eigenvalue weighted by atomic mass is 19.1. The standard InChI is InChI=1S/C13H16FN3O/c1-8(2)5-11(16)13(18)17-12-4-3-10(14)6-9(12)7-15/h3-4,6,8,11H,5,16H2,1-2H3,(H,17,18)/t11-/m1/s1. The smallest absolute Gasteiger partial charge is 0.241 e. The summed E-state index contributed by atoms with van der Waals surface area (Å²) in [6.45, 7) is 3.93. The highest BCUT2D eigenvalue weighted by Crippen LogP contribution is 2.16. The number of nitrogens with zero attached hydrogens (tertiary/aromatic N) is 1. The average Bonchev–Trinajstić information content (AvgIpc) is 2.30. The van der Waals surface area contributed by atoms with Crippen molar-refractivity contribution in [2.75, 3.05) is 5.32 Å².